The van der Waals surface area contributed by atoms with Gasteiger partial charge in [-0.3, -0.25) is 4.79 Å². The first-order valence-electron chi connectivity index (χ1n) is 45.9. The maximum Gasteiger partial charge on any atom is 0.435 e. The summed E-state index contributed by atoms with van der Waals surface area (Å²) >= 11 is 9.53. The van der Waals surface area contributed by atoms with Crippen molar-refractivity contribution in [1.29, 1.82) is 0 Å². The number of nitrogens with two attached hydrogens (primary N) is 1. The molecular weight excluding hydrogens is 1940 g/mol. The van der Waals surface area contributed by atoms with E-state index in [1.54, 1.807) is 134 Å². The topological polar surface area (TPSA) is 309 Å². The third kappa shape index (κ3) is 31.4. The van der Waals surface area contributed by atoms with Gasteiger partial charge < -0.3 is 68.7 Å². The summed E-state index contributed by atoms with van der Waals surface area (Å²) in [4.78, 5) is 66.5. The van der Waals surface area contributed by atoms with Crippen LogP contribution in [0.2, 0.25) is 0 Å². The van der Waals surface area contributed by atoms with Crippen LogP contribution in [0.15, 0.2) is 215 Å². The van der Waals surface area contributed by atoms with Crippen molar-refractivity contribution in [1.82, 2.24) is 64.5 Å². The molecule has 0 radical (unpaired) electrons. The van der Waals surface area contributed by atoms with Crippen molar-refractivity contribution in [3.8, 4) is 57.2 Å². The van der Waals surface area contributed by atoms with E-state index in [4.69, 9.17) is 61.5 Å². The van der Waals surface area contributed by atoms with Crippen molar-refractivity contribution in [3.05, 3.63) is 274 Å². The molecule has 16 rings (SSSR count). The molecule has 4 fully saturated rings. The number of carboxylic acids is 1. The van der Waals surface area contributed by atoms with Crippen LogP contribution >= 0.6 is 23.2 Å². The number of hydrogen-bond acceptors (Lipinski definition) is 18. The molecule has 12 aromatic rings. The van der Waals surface area contributed by atoms with E-state index in [0.717, 1.165) is 99.9 Å². The number of alkyl halides is 14. The molecule has 0 atom stereocenters. The second-order valence-corrected chi connectivity index (χ2v) is 37.6. The fraction of sp³-hybridized carbons (Fsp3) is 0.408. The monoisotopic (exact) mass is 2060 g/mol. The summed E-state index contributed by atoms with van der Waals surface area (Å²) in [7, 11) is 3.15. The van der Waals surface area contributed by atoms with E-state index in [-0.39, 0.29) is 78.1 Å². The highest BCUT2D eigenvalue weighted by atomic mass is 35.5. The number of benzene rings is 6. The number of aromatic carboxylic acids is 1. The lowest BCUT2D eigenvalue weighted by atomic mass is 9.89. The number of nitrogens with zero attached hydrogens (tertiary/aromatic N) is 11. The van der Waals surface area contributed by atoms with Gasteiger partial charge in [0.25, 0.3) is 5.91 Å². The molecule has 4 aliphatic heterocycles. The second kappa shape index (κ2) is 49.3. The predicted octanol–water partition coefficient (Wildman–Crippen LogP) is 24.7. The van der Waals surface area contributed by atoms with Gasteiger partial charge in [0.15, 0.2) is 40.0 Å². The van der Waals surface area contributed by atoms with E-state index in [1.807, 2.05) is 114 Å². The SMILES string of the molecule is C.CC(C)(C)OC(=O)N1CCC(c2cccc(-n3nc(C(F)(F)F)cc3-c3ccco3)c2)CC1.CC(C)(C)OC(=O)N1CCC(c2cccc(-n3nc(C(F)(F)F)cc3C(=O)O)c2)CC1.COc1ccccc1CN.COc1ccccc1CNC(=O)c1cc(C(F)(F)F)nn1-c1cccc(C2CCN(C(=O)OC(C)(C)C)CC2)c1.ClCCl.FC(F)(F)c1cc(-c2ccco2)n(-c2cccc(C3CCNCC3)c2)n1. The number of halogens is 14. The van der Waals surface area contributed by atoms with Crippen LogP contribution in [0.4, 0.5) is 67.1 Å². The maximum atomic E-state index is 13.6. The van der Waals surface area contributed by atoms with Crippen molar-refractivity contribution in [2.24, 2.45) is 5.73 Å². The zero-order valence-electron chi connectivity index (χ0n) is 80.5. The number of amides is 4. The number of nitrogens with one attached hydrogen (secondary N) is 2. The van der Waals surface area contributed by atoms with Crippen LogP contribution in [0.3, 0.4) is 0 Å². The first kappa shape index (κ1) is 113. The predicted molar refractivity (Wildman–Crippen MR) is 519 cm³/mol. The summed E-state index contributed by atoms with van der Waals surface area (Å²) in [5, 5.41) is 30.4. The van der Waals surface area contributed by atoms with E-state index in [2.05, 4.69) is 31.0 Å². The molecule has 5 N–H and O–H groups in total. The third-order valence-corrected chi connectivity index (χ3v) is 23.2. The molecule has 41 heteroatoms. The van der Waals surface area contributed by atoms with Gasteiger partial charge in [0.05, 0.1) is 54.8 Å². The number of hydrogen-bond donors (Lipinski definition) is 4. The van der Waals surface area contributed by atoms with Gasteiger partial charge in [0, 0.05) is 87.8 Å². The van der Waals surface area contributed by atoms with E-state index < -0.39 is 81.9 Å². The molecule has 0 saturated carbocycles. The van der Waals surface area contributed by atoms with E-state index >= 15 is 0 Å². The molecule has 10 heterocycles. The number of carboxylic acid groups (broad SMARTS) is 1. The largest absolute Gasteiger partial charge is 0.496 e. The average molecular weight is 2060 g/mol. The van der Waals surface area contributed by atoms with Crippen LogP contribution < -0.4 is 25.8 Å². The smallest absolute Gasteiger partial charge is 0.435 e. The summed E-state index contributed by atoms with van der Waals surface area (Å²) in [5.74, 6) is 0.596. The highest BCUT2D eigenvalue weighted by Gasteiger charge is 2.42. The van der Waals surface area contributed by atoms with Crippen LogP contribution in [0.1, 0.15) is 222 Å². The van der Waals surface area contributed by atoms with Gasteiger partial charge in [0.1, 0.15) is 45.4 Å². The number of para-hydroxylation sites is 2. The normalized spacial score (nSPS) is 14.7. The molecule has 0 unspecified atom stereocenters. The van der Waals surface area contributed by atoms with Gasteiger partial charge >= 0.3 is 49.0 Å². The van der Waals surface area contributed by atoms with Gasteiger partial charge in [0.2, 0.25) is 0 Å². The molecule has 776 valence electrons. The Morgan fingerprint density at radius 1 is 0.410 bits per heavy atom. The standard InChI is InChI=1S/C29H33F3N4O4.C24H26F3N3O3.C21H24F3N3O4.C19H18F3N3O.C8H11NO.CH2Cl2.CH4/c1-28(2,3)40-27(38)35-14-12-19(13-15-35)20-9-7-10-22(16-20)36-23(17-25(34-36)29(30,31)32)26(37)33-18-21-8-5-6-11-24(21)39-4;1-23(2,3)33-22(31)29-11-9-16(10-12-29)17-6-4-7-18(14-17)30-19(20-8-5-13-32-20)15-21(28-30)24(25,26)27;1-20(2,3)31-19(30)26-9-7-13(8-10-26)14-5-4-6-15(11-14)27-16(18(28)29)12-17(25-27)21(22,23)24;20-19(21,22)18-12-16(17-5-2-10-26-17)25(24-18)15-4-1-3-14(11-15)13-6-8-23-9-7-13;1-10-8-5-3-2-4-7(8)6-9;2-1-3;/h5-11,16-17,19H,12-15,18H2,1-4H3,(H,33,37);4-8,13-16H,9-12H2,1-3H3;4-6,11-13H,7-10H2,1-3H3,(H,28,29);1-5,10-13,23H,6-9H2;2-5H,6,9H2,1H3;1H2;1H4. The van der Waals surface area contributed by atoms with Crippen LogP contribution in [-0.4, -0.2) is 178 Å². The summed E-state index contributed by atoms with van der Waals surface area (Å²) in [5.41, 5.74) is 6.38. The fourth-order valence-electron chi connectivity index (χ4n) is 16.3. The zero-order valence-corrected chi connectivity index (χ0v) is 82.0. The summed E-state index contributed by atoms with van der Waals surface area (Å²) in [6, 6.07) is 53.2. The molecule has 4 amide bonds. The minimum atomic E-state index is -4.75. The Bertz CT molecular complexity index is 6160. The lowest BCUT2D eigenvalue weighted by molar-refractivity contribution is -0.142. The van der Waals surface area contributed by atoms with E-state index in [1.165, 1.54) is 35.1 Å². The lowest BCUT2D eigenvalue weighted by Crippen LogP contribution is -2.41. The quantitative estimate of drug-likeness (QED) is 0.0374. The number of likely N-dealkylation sites (tertiary alicyclic amines) is 3. The van der Waals surface area contributed by atoms with Crippen molar-refractivity contribution in [3.63, 3.8) is 0 Å². The number of furan rings is 2. The minimum absolute atomic E-state index is 0. The number of piperidine rings is 4. The van der Waals surface area contributed by atoms with Gasteiger partial charge in [-0.1, -0.05) is 92.4 Å². The molecule has 27 nitrogen and oxygen atoms in total. The second-order valence-electron chi connectivity index (χ2n) is 36.8. The molecule has 0 bridgehead atoms. The number of carbonyl (C=O) groups is 5. The Kier molecular flexibility index (Phi) is 38.6. The zero-order chi connectivity index (χ0) is 104. The number of aromatic nitrogens is 8. The molecule has 0 spiro atoms. The highest BCUT2D eigenvalue weighted by Crippen LogP contribution is 2.41. The average Bonchev–Trinajstić information content (AvgIpc) is 1.64. The van der Waals surface area contributed by atoms with Crippen LogP contribution in [0, 0.1) is 0 Å². The molecule has 0 aliphatic carbocycles. The van der Waals surface area contributed by atoms with Gasteiger partial charge in [-0.25, -0.2) is 37.9 Å². The van der Waals surface area contributed by atoms with Gasteiger partial charge in [-0.05, 0) is 258 Å². The summed E-state index contributed by atoms with van der Waals surface area (Å²) in [6.45, 7) is 21.9. The van der Waals surface area contributed by atoms with Crippen molar-refractivity contribution in [2.45, 2.75) is 199 Å². The van der Waals surface area contributed by atoms with Crippen molar-refractivity contribution >= 4 is 53.4 Å². The van der Waals surface area contributed by atoms with Crippen LogP contribution in [0.25, 0.3) is 45.7 Å². The fourth-order valence-corrected chi connectivity index (χ4v) is 16.3. The molecule has 144 heavy (non-hydrogen) atoms. The van der Waals surface area contributed by atoms with Crippen LogP contribution in [0.5, 0.6) is 11.5 Å². The number of methoxy groups -OCH3 is 2. The first-order valence-corrected chi connectivity index (χ1v) is 47.0. The summed E-state index contributed by atoms with van der Waals surface area (Å²) in [6.07, 6.45) is -10.6. The number of rotatable bonds is 17. The molecular formula is C103H118Cl2F12N14O13. The lowest BCUT2D eigenvalue weighted by Gasteiger charge is -2.33. The van der Waals surface area contributed by atoms with Crippen molar-refractivity contribution < 1.29 is 114 Å². The number of ether oxygens (including phenoxy) is 5. The third-order valence-electron chi connectivity index (χ3n) is 23.2. The number of carbonyl (C=O) groups excluding carboxylic acids is 4. The van der Waals surface area contributed by atoms with E-state index in [0.29, 0.717) is 123 Å². The minimum Gasteiger partial charge on any atom is -0.496 e. The Morgan fingerprint density at radius 3 is 1.01 bits per heavy atom. The molecule has 6 aromatic heterocycles. The Morgan fingerprint density at radius 2 is 0.708 bits per heavy atom. The highest BCUT2D eigenvalue weighted by molar-refractivity contribution is 6.40. The Labute approximate surface area is 836 Å². The molecule has 4 saturated heterocycles. The van der Waals surface area contributed by atoms with E-state index in [9.17, 15) is 81.8 Å². The van der Waals surface area contributed by atoms with Gasteiger partial charge in [-0.2, -0.15) is 73.1 Å². The molecule has 6 aromatic carbocycles. The maximum absolute atomic E-state index is 13.6. The molecule has 4 aliphatic rings. The van der Waals surface area contributed by atoms with Gasteiger partial charge in [-0.15, -0.1) is 23.2 Å². The Hall–Kier alpha value is -13.3. The van der Waals surface area contributed by atoms with Crippen LogP contribution in [-0.2, 0) is 52.0 Å². The Balaban J connectivity index is 0.000000190. The summed E-state index contributed by atoms with van der Waals surface area (Å²) < 4.78 is 201. The first-order chi connectivity index (χ1) is 67.5. The van der Waals surface area contributed by atoms with Crippen molar-refractivity contribution in [2.75, 3.05) is 71.9 Å².